The molecule has 0 spiro atoms. The molecule has 0 atom stereocenters. The lowest BCUT2D eigenvalue weighted by molar-refractivity contribution is 0.0769. The fourth-order valence-electron chi connectivity index (χ4n) is 1.70. The molecule has 0 saturated heterocycles. The molecule has 0 saturated carbocycles. The van der Waals surface area contributed by atoms with Gasteiger partial charge in [-0.3, -0.25) is 0 Å². The van der Waals surface area contributed by atoms with E-state index in [1.54, 1.807) is 13.8 Å². The van der Waals surface area contributed by atoms with Crippen molar-refractivity contribution in [1.29, 1.82) is 0 Å². The minimum atomic E-state index is -1.05. The molecule has 0 aliphatic carbocycles. The summed E-state index contributed by atoms with van der Waals surface area (Å²) in [7, 11) is 1.50. The first-order valence-electron chi connectivity index (χ1n) is 4.99. The summed E-state index contributed by atoms with van der Waals surface area (Å²) in [5.41, 5.74) is 0.383. The average molecular weight is 212 g/mol. The highest BCUT2D eigenvalue weighted by Gasteiger charge is 2.22. The van der Waals surface area contributed by atoms with Gasteiger partial charge < -0.3 is 9.84 Å². The van der Waals surface area contributed by atoms with Crippen molar-refractivity contribution in [2.75, 3.05) is 7.11 Å². The van der Waals surface area contributed by atoms with Gasteiger partial charge in [0.05, 0.1) is 12.7 Å². The second-order valence-electron chi connectivity index (χ2n) is 4.05. The van der Waals surface area contributed by atoms with Crippen LogP contribution in [-0.4, -0.2) is 12.2 Å². The van der Waals surface area contributed by atoms with E-state index in [0.29, 0.717) is 17.7 Å². The first-order chi connectivity index (χ1) is 6.90. The number of hydrogen-bond donors (Lipinski definition) is 1. The lowest BCUT2D eigenvalue weighted by Crippen LogP contribution is -2.18. The SMILES string of the molecule is CCc1c(OC)cc(F)cc1C(C)(C)O. The normalized spacial score (nSPS) is 11.6. The molecule has 0 bridgehead atoms. The Morgan fingerprint density at radius 2 is 2.00 bits per heavy atom. The summed E-state index contributed by atoms with van der Waals surface area (Å²) in [6.07, 6.45) is 0.697. The van der Waals surface area contributed by atoms with E-state index >= 15 is 0 Å². The summed E-state index contributed by atoms with van der Waals surface area (Å²) in [6.45, 7) is 5.23. The highest BCUT2D eigenvalue weighted by molar-refractivity contribution is 5.43. The molecule has 0 aliphatic heterocycles. The Balaban J connectivity index is 3.42. The number of methoxy groups -OCH3 is 1. The van der Waals surface area contributed by atoms with E-state index in [-0.39, 0.29) is 5.82 Å². The number of aliphatic hydroxyl groups is 1. The van der Waals surface area contributed by atoms with Gasteiger partial charge in [-0.2, -0.15) is 0 Å². The smallest absolute Gasteiger partial charge is 0.127 e. The van der Waals surface area contributed by atoms with Crippen LogP contribution >= 0.6 is 0 Å². The third-order valence-corrected chi connectivity index (χ3v) is 2.41. The summed E-state index contributed by atoms with van der Waals surface area (Å²) >= 11 is 0. The van der Waals surface area contributed by atoms with Crippen LogP contribution in [0.2, 0.25) is 0 Å². The molecule has 0 heterocycles. The fourth-order valence-corrected chi connectivity index (χ4v) is 1.70. The molecule has 0 aliphatic rings. The van der Waals surface area contributed by atoms with Crippen LogP contribution in [0.5, 0.6) is 5.75 Å². The molecule has 3 heteroatoms. The van der Waals surface area contributed by atoms with Crippen LogP contribution in [0.25, 0.3) is 0 Å². The van der Waals surface area contributed by atoms with E-state index in [2.05, 4.69) is 0 Å². The van der Waals surface area contributed by atoms with Crippen LogP contribution in [0.15, 0.2) is 12.1 Å². The van der Waals surface area contributed by atoms with Crippen molar-refractivity contribution in [2.24, 2.45) is 0 Å². The van der Waals surface area contributed by atoms with E-state index < -0.39 is 5.60 Å². The zero-order chi connectivity index (χ0) is 11.6. The van der Waals surface area contributed by atoms with Crippen molar-refractivity contribution in [1.82, 2.24) is 0 Å². The third-order valence-electron chi connectivity index (χ3n) is 2.41. The van der Waals surface area contributed by atoms with Gasteiger partial charge in [-0.05, 0) is 31.9 Å². The van der Waals surface area contributed by atoms with Crippen LogP contribution in [0.4, 0.5) is 4.39 Å². The van der Waals surface area contributed by atoms with Crippen molar-refractivity contribution in [3.8, 4) is 5.75 Å². The van der Waals surface area contributed by atoms with E-state index in [4.69, 9.17) is 4.74 Å². The molecule has 1 aromatic carbocycles. The van der Waals surface area contributed by atoms with Gasteiger partial charge in [0.15, 0.2) is 0 Å². The first kappa shape index (κ1) is 12.0. The van der Waals surface area contributed by atoms with Crippen molar-refractivity contribution in [3.63, 3.8) is 0 Å². The Morgan fingerprint density at radius 1 is 1.40 bits per heavy atom. The van der Waals surface area contributed by atoms with Crippen LogP contribution in [0.1, 0.15) is 31.9 Å². The van der Waals surface area contributed by atoms with E-state index in [1.165, 1.54) is 19.2 Å². The van der Waals surface area contributed by atoms with Crippen molar-refractivity contribution in [3.05, 3.63) is 29.1 Å². The Kier molecular flexibility index (Phi) is 3.35. The molecule has 1 rings (SSSR count). The Morgan fingerprint density at radius 3 is 2.40 bits per heavy atom. The molecule has 0 radical (unpaired) electrons. The maximum atomic E-state index is 13.3. The topological polar surface area (TPSA) is 29.5 Å². The van der Waals surface area contributed by atoms with Gasteiger partial charge in [0.1, 0.15) is 11.6 Å². The van der Waals surface area contributed by atoms with Gasteiger partial charge in [0.2, 0.25) is 0 Å². The zero-order valence-electron chi connectivity index (χ0n) is 9.60. The van der Waals surface area contributed by atoms with Crippen LogP contribution in [0.3, 0.4) is 0 Å². The zero-order valence-corrected chi connectivity index (χ0v) is 9.60. The van der Waals surface area contributed by atoms with E-state index in [1.807, 2.05) is 6.92 Å². The lowest BCUT2D eigenvalue weighted by Gasteiger charge is -2.23. The summed E-state index contributed by atoms with van der Waals surface area (Å²) in [4.78, 5) is 0. The summed E-state index contributed by atoms with van der Waals surface area (Å²) in [5.74, 6) is 0.107. The molecular formula is C12H17FO2. The van der Waals surface area contributed by atoms with Gasteiger partial charge >= 0.3 is 0 Å². The number of hydrogen-bond acceptors (Lipinski definition) is 2. The van der Waals surface area contributed by atoms with E-state index in [0.717, 1.165) is 5.56 Å². The predicted molar refractivity (Wildman–Crippen MR) is 57.6 cm³/mol. The second kappa shape index (κ2) is 4.19. The summed E-state index contributed by atoms with van der Waals surface area (Å²) in [5, 5.41) is 9.92. The maximum Gasteiger partial charge on any atom is 0.127 e. The predicted octanol–water partition coefficient (Wildman–Crippen LogP) is 2.62. The molecule has 0 fully saturated rings. The lowest BCUT2D eigenvalue weighted by atomic mass is 9.91. The van der Waals surface area contributed by atoms with Gasteiger partial charge in [-0.1, -0.05) is 6.92 Å². The van der Waals surface area contributed by atoms with Crippen molar-refractivity contribution >= 4 is 0 Å². The van der Waals surface area contributed by atoms with Gasteiger partial charge in [0, 0.05) is 11.6 Å². The Labute approximate surface area is 89.7 Å². The number of halogens is 1. The van der Waals surface area contributed by atoms with Gasteiger partial charge in [0.25, 0.3) is 0 Å². The first-order valence-corrected chi connectivity index (χ1v) is 4.99. The Bertz CT molecular complexity index is 353. The van der Waals surface area contributed by atoms with Crippen molar-refractivity contribution < 1.29 is 14.2 Å². The monoisotopic (exact) mass is 212 g/mol. The molecule has 84 valence electrons. The Hall–Kier alpha value is -1.09. The molecular weight excluding hydrogens is 195 g/mol. The second-order valence-corrected chi connectivity index (χ2v) is 4.05. The highest BCUT2D eigenvalue weighted by Crippen LogP contribution is 2.31. The molecule has 2 nitrogen and oxygen atoms in total. The number of rotatable bonds is 3. The van der Waals surface area contributed by atoms with E-state index in [9.17, 15) is 9.50 Å². The number of benzene rings is 1. The minimum Gasteiger partial charge on any atom is -0.496 e. The highest BCUT2D eigenvalue weighted by atomic mass is 19.1. The quantitative estimate of drug-likeness (QED) is 0.834. The molecule has 1 N–H and O–H groups in total. The third kappa shape index (κ3) is 2.48. The molecule has 15 heavy (non-hydrogen) atoms. The van der Waals surface area contributed by atoms with Gasteiger partial charge in [-0.15, -0.1) is 0 Å². The van der Waals surface area contributed by atoms with Crippen LogP contribution < -0.4 is 4.74 Å². The maximum absolute atomic E-state index is 13.3. The number of ether oxygens (including phenoxy) is 1. The van der Waals surface area contributed by atoms with Crippen LogP contribution in [0, 0.1) is 5.82 Å². The summed E-state index contributed by atoms with van der Waals surface area (Å²) < 4.78 is 18.4. The molecule has 0 unspecified atom stereocenters. The molecule has 0 aromatic heterocycles. The summed E-state index contributed by atoms with van der Waals surface area (Å²) in [6, 6.07) is 2.70. The van der Waals surface area contributed by atoms with Crippen molar-refractivity contribution in [2.45, 2.75) is 32.8 Å². The largest absolute Gasteiger partial charge is 0.496 e. The standard InChI is InChI=1S/C12H17FO2/c1-5-9-10(12(2,3)14)6-8(13)7-11(9)15-4/h6-7,14H,5H2,1-4H3. The molecule has 0 amide bonds. The van der Waals surface area contributed by atoms with Crippen LogP contribution in [-0.2, 0) is 12.0 Å². The fraction of sp³-hybridized carbons (Fsp3) is 0.500. The molecule has 1 aromatic rings. The minimum absolute atomic E-state index is 0.388. The average Bonchev–Trinajstić information content (AvgIpc) is 2.15. The van der Waals surface area contributed by atoms with Gasteiger partial charge in [-0.25, -0.2) is 4.39 Å².